The molecule has 0 bridgehead atoms. The van der Waals surface area contributed by atoms with Gasteiger partial charge in [0.15, 0.2) is 0 Å². The van der Waals surface area contributed by atoms with E-state index in [1.165, 1.54) is 11.0 Å². The van der Waals surface area contributed by atoms with Crippen LogP contribution in [0.2, 0.25) is 0 Å². The quantitative estimate of drug-likeness (QED) is 0.772. The van der Waals surface area contributed by atoms with Crippen LogP contribution in [-0.2, 0) is 14.8 Å². The van der Waals surface area contributed by atoms with Crippen molar-refractivity contribution in [1.29, 1.82) is 0 Å². The van der Waals surface area contributed by atoms with Crippen LogP contribution < -0.4 is 9.62 Å². The lowest BCUT2D eigenvalue weighted by atomic mass is 10.1. The van der Waals surface area contributed by atoms with Crippen LogP contribution in [0.1, 0.15) is 36.5 Å². The number of carbonyl (C=O) groups excluding carboxylic acids is 1. The fourth-order valence-corrected chi connectivity index (χ4v) is 4.66. The molecule has 0 aliphatic carbocycles. The van der Waals surface area contributed by atoms with Crippen LogP contribution in [0.4, 0.5) is 5.69 Å². The number of benzene rings is 2. The number of unbranched alkanes of at least 4 members (excludes halogenated alkanes) is 1. The number of hydrogen-bond acceptors (Lipinski definition) is 4. The maximum atomic E-state index is 12.9. The minimum Gasteiger partial charge on any atom is -0.480 e. The van der Waals surface area contributed by atoms with Gasteiger partial charge in [0.25, 0.3) is 5.91 Å². The van der Waals surface area contributed by atoms with Crippen molar-refractivity contribution < 1.29 is 23.1 Å². The molecule has 0 radical (unpaired) electrons. The first kappa shape index (κ1) is 18.3. The second-order valence-electron chi connectivity index (χ2n) is 6.33. The molecular weight excluding hydrogens is 356 g/mol. The Morgan fingerprint density at radius 3 is 2.65 bits per heavy atom. The summed E-state index contributed by atoms with van der Waals surface area (Å²) >= 11 is 0. The standard InChI is InChI=1S/C18H20N2O5S/c1-3-4-8-13(18(22)23)19-26(24,25)15-10-9-14-16-11(15)6-5-7-12(16)17(21)20(14)2/h5-7,9-10,13,19H,3-4,8H2,1-2H3,(H,22,23)/t13-/m0/s1. The Labute approximate surface area is 151 Å². The molecule has 1 aliphatic rings. The van der Waals surface area contributed by atoms with Crippen LogP contribution in [0.15, 0.2) is 35.2 Å². The summed E-state index contributed by atoms with van der Waals surface area (Å²) < 4.78 is 28.0. The van der Waals surface area contributed by atoms with E-state index in [0.29, 0.717) is 28.4 Å². The fraction of sp³-hybridized carbons (Fsp3) is 0.333. The van der Waals surface area contributed by atoms with Crippen LogP contribution in [0, 0.1) is 0 Å². The molecule has 1 aliphatic heterocycles. The van der Waals surface area contributed by atoms with Crippen molar-refractivity contribution in [2.24, 2.45) is 0 Å². The van der Waals surface area contributed by atoms with Gasteiger partial charge in [-0.25, -0.2) is 8.42 Å². The van der Waals surface area contributed by atoms with Crippen LogP contribution in [0.25, 0.3) is 10.8 Å². The van der Waals surface area contributed by atoms with Crippen molar-refractivity contribution in [3.63, 3.8) is 0 Å². The Hall–Kier alpha value is -2.45. The second-order valence-corrected chi connectivity index (χ2v) is 8.01. The molecule has 2 aromatic rings. The van der Waals surface area contributed by atoms with Crippen molar-refractivity contribution in [2.45, 2.75) is 37.1 Å². The first-order chi connectivity index (χ1) is 12.3. The number of rotatable bonds is 7. The number of carboxylic acid groups (broad SMARTS) is 1. The lowest BCUT2D eigenvalue weighted by Gasteiger charge is -2.16. The molecule has 0 fully saturated rings. The predicted octanol–water partition coefficient (Wildman–Crippen LogP) is 2.35. The van der Waals surface area contributed by atoms with E-state index < -0.39 is 22.0 Å². The van der Waals surface area contributed by atoms with Crippen molar-refractivity contribution >= 4 is 38.4 Å². The highest BCUT2D eigenvalue weighted by molar-refractivity contribution is 7.89. The third-order valence-corrected chi connectivity index (χ3v) is 6.14. The minimum absolute atomic E-state index is 0.0241. The highest BCUT2D eigenvalue weighted by atomic mass is 32.2. The van der Waals surface area contributed by atoms with E-state index in [9.17, 15) is 23.1 Å². The van der Waals surface area contributed by atoms with E-state index in [4.69, 9.17) is 0 Å². The molecule has 2 aromatic carbocycles. The van der Waals surface area contributed by atoms with Gasteiger partial charge in [0.2, 0.25) is 10.0 Å². The number of nitrogens with zero attached hydrogens (tertiary/aromatic N) is 1. The summed E-state index contributed by atoms with van der Waals surface area (Å²) in [6.45, 7) is 1.91. The van der Waals surface area contributed by atoms with E-state index in [-0.39, 0.29) is 17.2 Å². The largest absolute Gasteiger partial charge is 0.480 e. The van der Waals surface area contributed by atoms with Crippen molar-refractivity contribution in [2.75, 3.05) is 11.9 Å². The van der Waals surface area contributed by atoms with Crippen molar-refractivity contribution in [3.8, 4) is 0 Å². The summed E-state index contributed by atoms with van der Waals surface area (Å²) in [5.41, 5.74) is 1.08. The first-order valence-electron chi connectivity index (χ1n) is 8.37. The highest BCUT2D eigenvalue weighted by Gasteiger charge is 2.31. The highest BCUT2D eigenvalue weighted by Crippen LogP contribution is 2.39. The number of carboxylic acids is 1. The molecule has 26 heavy (non-hydrogen) atoms. The molecule has 0 saturated carbocycles. The zero-order valence-electron chi connectivity index (χ0n) is 14.5. The number of carbonyl (C=O) groups is 2. The third-order valence-electron chi connectivity index (χ3n) is 4.61. The monoisotopic (exact) mass is 376 g/mol. The summed E-state index contributed by atoms with van der Waals surface area (Å²) in [4.78, 5) is 25.2. The zero-order chi connectivity index (χ0) is 19.1. The molecule has 138 valence electrons. The van der Waals surface area contributed by atoms with Crippen molar-refractivity contribution in [3.05, 3.63) is 35.9 Å². The topological polar surface area (TPSA) is 104 Å². The van der Waals surface area contributed by atoms with Gasteiger partial charge in [-0.05, 0) is 24.6 Å². The smallest absolute Gasteiger partial charge is 0.321 e. The Balaban J connectivity index is 2.08. The molecule has 0 saturated heterocycles. The van der Waals surface area contributed by atoms with Crippen LogP contribution >= 0.6 is 0 Å². The van der Waals surface area contributed by atoms with E-state index in [1.54, 1.807) is 31.3 Å². The summed E-state index contributed by atoms with van der Waals surface area (Å²) in [7, 11) is -2.43. The van der Waals surface area contributed by atoms with E-state index in [0.717, 1.165) is 6.42 Å². The molecule has 2 N–H and O–H groups in total. The Morgan fingerprint density at radius 2 is 2.00 bits per heavy atom. The number of anilines is 1. The molecule has 8 heteroatoms. The molecule has 1 heterocycles. The molecule has 1 atom stereocenters. The van der Waals surface area contributed by atoms with Gasteiger partial charge in [0.05, 0.1) is 10.6 Å². The second kappa shape index (κ2) is 6.69. The molecule has 0 spiro atoms. The summed E-state index contributed by atoms with van der Waals surface area (Å²) in [5, 5.41) is 10.3. The van der Waals surface area contributed by atoms with Gasteiger partial charge >= 0.3 is 5.97 Å². The maximum Gasteiger partial charge on any atom is 0.321 e. The lowest BCUT2D eigenvalue weighted by molar-refractivity contribution is -0.139. The molecule has 1 amide bonds. The lowest BCUT2D eigenvalue weighted by Crippen LogP contribution is -2.40. The van der Waals surface area contributed by atoms with Gasteiger partial charge in [0.1, 0.15) is 6.04 Å². The van der Waals surface area contributed by atoms with Gasteiger partial charge in [-0.2, -0.15) is 4.72 Å². The maximum absolute atomic E-state index is 12.9. The molecular formula is C18H20N2O5S. The fourth-order valence-electron chi connectivity index (χ4n) is 3.24. The first-order valence-corrected chi connectivity index (χ1v) is 9.85. The number of aliphatic carboxylic acids is 1. The van der Waals surface area contributed by atoms with Crippen molar-refractivity contribution in [1.82, 2.24) is 4.72 Å². The average molecular weight is 376 g/mol. The Bertz CT molecular complexity index is 1000. The Morgan fingerprint density at radius 1 is 1.27 bits per heavy atom. The summed E-state index contributed by atoms with van der Waals surface area (Å²) in [6, 6.07) is 6.72. The third kappa shape index (κ3) is 2.95. The molecule has 3 rings (SSSR count). The normalized spacial score (nSPS) is 14.8. The van der Waals surface area contributed by atoms with Crippen LogP contribution in [0.5, 0.6) is 0 Å². The van der Waals surface area contributed by atoms with Gasteiger partial charge in [-0.1, -0.05) is 31.9 Å². The van der Waals surface area contributed by atoms with Gasteiger partial charge in [0, 0.05) is 23.4 Å². The Kier molecular flexibility index (Phi) is 4.72. The van der Waals surface area contributed by atoms with Gasteiger partial charge < -0.3 is 10.0 Å². The molecule has 0 aromatic heterocycles. The number of nitrogens with one attached hydrogen (secondary N) is 1. The summed E-state index contributed by atoms with van der Waals surface area (Å²) in [6.07, 6.45) is 1.58. The summed E-state index contributed by atoms with van der Waals surface area (Å²) in [5.74, 6) is -1.40. The van der Waals surface area contributed by atoms with E-state index in [1.807, 2.05) is 6.92 Å². The van der Waals surface area contributed by atoms with E-state index >= 15 is 0 Å². The van der Waals surface area contributed by atoms with Crippen LogP contribution in [-0.4, -0.2) is 38.5 Å². The van der Waals surface area contributed by atoms with Gasteiger partial charge in [-0.15, -0.1) is 0 Å². The average Bonchev–Trinajstić information content (AvgIpc) is 2.85. The molecule has 7 nitrogen and oxygen atoms in total. The number of amides is 1. The number of sulfonamides is 1. The van der Waals surface area contributed by atoms with Crippen LogP contribution in [0.3, 0.4) is 0 Å². The van der Waals surface area contributed by atoms with Gasteiger partial charge in [-0.3, -0.25) is 9.59 Å². The minimum atomic E-state index is -4.06. The molecule has 0 unspecified atom stereocenters. The predicted molar refractivity (Wildman–Crippen MR) is 98.0 cm³/mol. The van der Waals surface area contributed by atoms with E-state index in [2.05, 4.69) is 4.72 Å². The SMILES string of the molecule is CCCC[C@H](NS(=O)(=O)c1ccc2c3c(cccc13)C(=O)N2C)C(=O)O. The zero-order valence-corrected chi connectivity index (χ0v) is 15.3. The number of hydrogen-bond donors (Lipinski definition) is 2.